The normalized spacial score (nSPS) is 31.5. The van der Waals surface area contributed by atoms with E-state index in [4.69, 9.17) is 4.74 Å². The third-order valence-electron chi connectivity index (χ3n) is 7.30. The van der Waals surface area contributed by atoms with Gasteiger partial charge in [0.2, 0.25) is 0 Å². The number of hydrogen-bond acceptors (Lipinski definition) is 7. The van der Waals surface area contributed by atoms with Crippen LogP contribution in [0.4, 0.5) is 0 Å². The Morgan fingerprint density at radius 3 is 2.57 bits per heavy atom. The highest BCUT2D eigenvalue weighted by Gasteiger charge is 2.43. The lowest BCUT2D eigenvalue weighted by Gasteiger charge is -2.35. The van der Waals surface area contributed by atoms with Gasteiger partial charge < -0.3 is 14.9 Å². The van der Waals surface area contributed by atoms with E-state index in [2.05, 4.69) is 18.0 Å². The van der Waals surface area contributed by atoms with E-state index in [0.29, 0.717) is 12.8 Å². The first-order valence-electron chi connectivity index (χ1n) is 12.7. The molecule has 2 N–H and O–H groups in total. The monoisotopic (exact) mass is 505 g/mol. The summed E-state index contributed by atoms with van der Waals surface area (Å²) in [6.45, 7) is 13.1. The van der Waals surface area contributed by atoms with Gasteiger partial charge in [0.15, 0.2) is 0 Å². The number of rotatable bonds is 3. The fourth-order valence-electron chi connectivity index (χ4n) is 4.62. The lowest BCUT2D eigenvalue weighted by Crippen LogP contribution is -2.46. The van der Waals surface area contributed by atoms with Gasteiger partial charge in [-0.25, -0.2) is 4.98 Å². The maximum atomic E-state index is 13.4. The second kappa shape index (κ2) is 12.9. The van der Waals surface area contributed by atoms with Crippen LogP contribution in [-0.4, -0.2) is 45.3 Å². The van der Waals surface area contributed by atoms with Gasteiger partial charge in [-0.2, -0.15) is 0 Å². The van der Waals surface area contributed by atoms with Crippen molar-refractivity contribution in [2.24, 2.45) is 17.3 Å². The summed E-state index contributed by atoms with van der Waals surface area (Å²) in [6, 6.07) is 0. The van der Waals surface area contributed by atoms with Crippen LogP contribution in [0.15, 0.2) is 22.6 Å². The Bertz CT molecular complexity index is 932. The molecule has 0 saturated carbocycles. The fraction of sp³-hybridized carbons (Fsp3) is 0.679. The number of aliphatic hydroxyl groups is 2. The lowest BCUT2D eigenvalue weighted by molar-refractivity contribution is -0.154. The number of esters is 1. The summed E-state index contributed by atoms with van der Waals surface area (Å²) >= 11 is 1.56. The minimum atomic E-state index is -1.21. The molecule has 0 aliphatic carbocycles. The first-order valence-corrected chi connectivity index (χ1v) is 13.6. The summed E-state index contributed by atoms with van der Waals surface area (Å²) in [4.78, 5) is 30.8. The fourth-order valence-corrected chi connectivity index (χ4v) is 5.19. The first kappa shape index (κ1) is 29.4. The zero-order chi connectivity index (χ0) is 26.3. The number of carbonyl (C=O) groups is 2. The number of aliphatic hydroxyl groups excluding tert-OH is 2. The molecule has 2 rings (SSSR count). The van der Waals surface area contributed by atoms with E-state index in [1.54, 1.807) is 25.2 Å². The Balaban J connectivity index is 2.35. The summed E-state index contributed by atoms with van der Waals surface area (Å²) in [7, 11) is 0. The smallest absolute Gasteiger partial charge is 0.309 e. The predicted octanol–water partition coefficient (Wildman–Crippen LogP) is 5.66. The zero-order valence-electron chi connectivity index (χ0n) is 22.3. The Morgan fingerprint density at radius 1 is 1.29 bits per heavy atom. The summed E-state index contributed by atoms with van der Waals surface area (Å²) in [5.41, 5.74) is 1.72. The van der Waals surface area contributed by atoms with Crippen molar-refractivity contribution in [1.82, 2.24) is 4.98 Å². The van der Waals surface area contributed by atoms with E-state index in [1.165, 1.54) is 5.57 Å². The lowest BCUT2D eigenvalue weighted by atomic mass is 9.71. The van der Waals surface area contributed by atoms with Crippen LogP contribution in [0.1, 0.15) is 90.8 Å². The highest BCUT2D eigenvalue weighted by atomic mass is 32.1. The minimum Gasteiger partial charge on any atom is -0.457 e. The average Bonchev–Trinajstić information content (AvgIpc) is 3.20. The number of hydrogen-bond donors (Lipinski definition) is 2. The van der Waals surface area contributed by atoms with Crippen molar-refractivity contribution >= 4 is 29.2 Å². The first-order chi connectivity index (χ1) is 16.4. The van der Waals surface area contributed by atoms with Crippen molar-refractivity contribution in [2.75, 3.05) is 0 Å². The Hall–Kier alpha value is -1.83. The minimum absolute atomic E-state index is 0.0398. The zero-order valence-corrected chi connectivity index (χ0v) is 23.2. The van der Waals surface area contributed by atoms with E-state index in [0.717, 1.165) is 35.5 Å². The molecule has 6 nitrogen and oxygen atoms in total. The largest absolute Gasteiger partial charge is 0.457 e. The van der Waals surface area contributed by atoms with E-state index in [1.807, 2.05) is 39.2 Å². The predicted molar refractivity (Wildman–Crippen MR) is 141 cm³/mol. The average molecular weight is 506 g/mol. The quantitative estimate of drug-likeness (QED) is 0.407. The summed E-state index contributed by atoms with van der Waals surface area (Å²) in [5.74, 6) is -1.39. The molecule has 0 aromatic carbocycles. The van der Waals surface area contributed by atoms with E-state index < -0.39 is 35.6 Å². The van der Waals surface area contributed by atoms with Crippen LogP contribution in [0.3, 0.4) is 0 Å². The summed E-state index contributed by atoms with van der Waals surface area (Å²) in [6.07, 6.45) is 4.85. The number of carbonyl (C=O) groups excluding carboxylic acids is 2. The number of cyclic esters (lactones) is 1. The molecule has 0 amide bonds. The highest BCUT2D eigenvalue weighted by Crippen LogP contribution is 2.34. The second-order valence-electron chi connectivity index (χ2n) is 10.6. The third-order valence-corrected chi connectivity index (χ3v) is 8.10. The molecule has 2 heterocycles. The maximum absolute atomic E-state index is 13.4. The number of thiazole rings is 1. The molecule has 5 atom stereocenters. The van der Waals surface area contributed by atoms with Gasteiger partial charge in [0.05, 0.1) is 34.7 Å². The molecule has 1 aliphatic heterocycles. The number of aryl methyl sites for hydroxylation is 1. The molecule has 0 saturated heterocycles. The van der Waals surface area contributed by atoms with Crippen LogP contribution in [0.5, 0.6) is 0 Å². The van der Waals surface area contributed by atoms with Crippen LogP contribution in [-0.2, 0) is 14.3 Å². The van der Waals surface area contributed by atoms with Crippen molar-refractivity contribution in [3.05, 3.63) is 33.3 Å². The van der Waals surface area contributed by atoms with Crippen LogP contribution in [0, 0.1) is 24.2 Å². The van der Waals surface area contributed by atoms with E-state index >= 15 is 0 Å². The van der Waals surface area contributed by atoms with Crippen LogP contribution >= 0.6 is 11.3 Å². The summed E-state index contributed by atoms with van der Waals surface area (Å²) < 4.78 is 5.83. The molecule has 1 aromatic rings. The number of nitrogens with zero attached hydrogens (tertiary/aromatic N) is 1. The van der Waals surface area contributed by atoms with Crippen molar-refractivity contribution in [3.63, 3.8) is 0 Å². The Kier molecular flexibility index (Phi) is 10.9. The number of aromatic nitrogens is 1. The molecule has 0 spiro atoms. The summed E-state index contributed by atoms with van der Waals surface area (Å²) in [5, 5.41) is 24.8. The molecule has 0 fully saturated rings. The maximum Gasteiger partial charge on any atom is 0.309 e. The van der Waals surface area contributed by atoms with Crippen molar-refractivity contribution in [1.29, 1.82) is 0 Å². The van der Waals surface area contributed by atoms with Gasteiger partial charge in [0.1, 0.15) is 11.9 Å². The van der Waals surface area contributed by atoms with Gasteiger partial charge in [-0.05, 0) is 64.0 Å². The van der Waals surface area contributed by atoms with Crippen LogP contribution in [0.2, 0.25) is 0 Å². The van der Waals surface area contributed by atoms with Gasteiger partial charge in [0.25, 0.3) is 0 Å². The Labute approximate surface area is 214 Å². The molecule has 35 heavy (non-hydrogen) atoms. The molecule has 1 aromatic heterocycles. The molecular weight excluding hydrogens is 462 g/mol. The number of Topliss-reactive ketones (excluding diaryl/α,β-unsaturated/α-hetero) is 1. The molecule has 0 radical (unpaired) electrons. The standard InChI is InChI=1S/C28H43NO5S/c1-8-22-26(32)18(3)11-9-10-17(2)12-13-23(19(4)14-21-16-35-20(5)29-21)34-25(31)15-24(30)28(6,7)27(22)33/h12,14,16,18,22-24,26,30,32H,8-11,13,15H2,1-7H3/b17-12-,19-14?/t18-,22+,23-,24-,26-/m0/s1. The molecule has 0 bridgehead atoms. The molecule has 1 aliphatic rings. The van der Waals surface area contributed by atoms with Gasteiger partial charge >= 0.3 is 5.97 Å². The molecule has 7 heteroatoms. The third kappa shape index (κ3) is 8.09. The van der Waals surface area contributed by atoms with Crippen LogP contribution in [0.25, 0.3) is 6.08 Å². The van der Waals surface area contributed by atoms with Gasteiger partial charge in [-0.1, -0.05) is 39.3 Å². The molecular formula is C28H43NO5S. The van der Waals surface area contributed by atoms with E-state index in [9.17, 15) is 19.8 Å². The topological polar surface area (TPSA) is 96.7 Å². The molecule has 0 unspecified atom stereocenters. The number of ketones is 1. The van der Waals surface area contributed by atoms with Crippen molar-refractivity contribution in [2.45, 2.75) is 105 Å². The van der Waals surface area contributed by atoms with E-state index in [-0.39, 0.29) is 18.1 Å². The molecule has 196 valence electrons. The second-order valence-corrected chi connectivity index (χ2v) is 11.7. The SMILES string of the molecule is CC[C@H]1C(=O)C(C)(C)[C@@H](O)CC(=O)O[C@H](C(C)=Cc2csc(C)n2)C/C=C(/C)CCC[C@H](C)[C@@H]1O. The van der Waals surface area contributed by atoms with Gasteiger partial charge in [-0.3, -0.25) is 9.59 Å². The Morgan fingerprint density at radius 2 is 1.97 bits per heavy atom. The van der Waals surface area contributed by atoms with Gasteiger partial charge in [0, 0.05) is 17.7 Å². The highest BCUT2D eigenvalue weighted by molar-refractivity contribution is 7.09. The number of allylic oxidation sites excluding steroid dienone is 1. The number of ether oxygens (including phenoxy) is 1. The van der Waals surface area contributed by atoms with Gasteiger partial charge in [-0.15, -0.1) is 11.3 Å². The van der Waals surface area contributed by atoms with Crippen molar-refractivity contribution in [3.8, 4) is 0 Å². The van der Waals surface area contributed by atoms with Crippen molar-refractivity contribution < 1.29 is 24.5 Å². The van der Waals surface area contributed by atoms with Crippen LogP contribution < -0.4 is 0 Å².